The monoisotopic (exact) mass is 477 g/mol. The molecule has 178 valence electrons. The van der Waals surface area contributed by atoms with Crippen molar-refractivity contribution in [1.82, 2.24) is 10.3 Å². The number of hydrogen-bond acceptors (Lipinski definition) is 5. The van der Waals surface area contributed by atoms with Crippen LogP contribution in [0.5, 0.6) is 5.75 Å². The van der Waals surface area contributed by atoms with Gasteiger partial charge in [0, 0.05) is 29.4 Å². The largest absolute Gasteiger partial charge is 0.494 e. The van der Waals surface area contributed by atoms with Crippen molar-refractivity contribution in [3.63, 3.8) is 0 Å². The SMILES string of the molecule is CCCCCOc1ccc(C(=O)Nc2sc3c(c2C(=O)NCc2cccnc2)CCCC3)cc1. The Morgan fingerprint density at radius 1 is 1.06 bits per heavy atom. The first-order valence-corrected chi connectivity index (χ1v) is 12.8. The van der Waals surface area contributed by atoms with Crippen LogP contribution < -0.4 is 15.4 Å². The topological polar surface area (TPSA) is 80.3 Å². The van der Waals surface area contributed by atoms with Crippen molar-refractivity contribution in [3.05, 3.63) is 75.9 Å². The van der Waals surface area contributed by atoms with Crippen molar-refractivity contribution >= 4 is 28.2 Å². The molecule has 2 amide bonds. The van der Waals surface area contributed by atoms with E-state index < -0.39 is 0 Å². The summed E-state index contributed by atoms with van der Waals surface area (Å²) in [5, 5.41) is 6.63. The summed E-state index contributed by atoms with van der Waals surface area (Å²) in [5.41, 5.74) is 3.15. The number of benzene rings is 1. The summed E-state index contributed by atoms with van der Waals surface area (Å²) in [7, 11) is 0. The van der Waals surface area contributed by atoms with Gasteiger partial charge in [-0.05, 0) is 73.6 Å². The third-order valence-corrected chi connectivity index (χ3v) is 7.14. The van der Waals surface area contributed by atoms with Crippen LogP contribution in [-0.2, 0) is 19.4 Å². The van der Waals surface area contributed by atoms with Crippen molar-refractivity contribution in [1.29, 1.82) is 0 Å². The molecule has 0 saturated carbocycles. The first kappa shape index (κ1) is 24.0. The van der Waals surface area contributed by atoms with Gasteiger partial charge in [0.15, 0.2) is 0 Å². The summed E-state index contributed by atoms with van der Waals surface area (Å²) < 4.78 is 5.74. The van der Waals surface area contributed by atoms with Crippen molar-refractivity contribution in [2.24, 2.45) is 0 Å². The maximum atomic E-state index is 13.2. The van der Waals surface area contributed by atoms with Gasteiger partial charge in [0.25, 0.3) is 11.8 Å². The van der Waals surface area contributed by atoms with E-state index in [1.54, 1.807) is 24.5 Å². The normalized spacial score (nSPS) is 12.6. The quantitative estimate of drug-likeness (QED) is 0.363. The number of hydrogen-bond donors (Lipinski definition) is 2. The van der Waals surface area contributed by atoms with Crippen molar-refractivity contribution < 1.29 is 14.3 Å². The first-order valence-electron chi connectivity index (χ1n) is 12.0. The fourth-order valence-corrected chi connectivity index (χ4v) is 5.37. The molecule has 0 saturated heterocycles. The minimum absolute atomic E-state index is 0.158. The molecule has 3 aromatic rings. The summed E-state index contributed by atoms with van der Waals surface area (Å²) in [6.07, 6.45) is 10.7. The number of thiophene rings is 1. The lowest BCUT2D eigenvalue weighted by Gasteiger charge is -2.13. The lowest BCUT2D eigenvalue weighted by Crippen LogP contribution is -2.25. The number of ether oxygens (including phenoxy) is 1. The zero-order valence-electron chi connectivity index (χ0n) is 19.6. The molecule has 1 aromatic carbocycles. The third-order valence-electron chi connectivity index (χ3n) is 5.93. The zero-order valence-corrected chi connectivity index (χ0v) is 20.4. The lowest BCUT2D eigenvalue weighted by molar-refractivity contribution is 0.0951. The van der Waals surface area contributed by atoms with Gasteiger partial charge in [-0.2, -0.15) is 0 Å². The molecule has 0 aliphatic heterocycles. The Morgan fingerprint density at radius 2 is 1.88 bits per heavy atom. The molecule has 4 rings (SSSR count). The second kappa shape index (κ2) is 11.8. The lowest BCUT2D eigenvalue weighted by atomic mass is 9.95. The number of unbranched alkanes of at least 4 members (excludes halogenated alkanes) is 2. The Labute approximate surface area is 204 Å². The molecule has 2 N–H and O–H groups in total. The van der Waals surface area contributed by atoms with E-state index in [4.69, 9.17) is 4.74 Å². The predicted octanol–water partition coefficient (Wildman–Crippen LogP) is 5.77. The molecule has 2 aromatic heterocycles. The highest BCUT2D eigenvalue weighted by molar-refractivity contribution is 7.17. The smallest absolute Gasteiger partial charge is 0.256 e. The molecule has 0 radical (unpaired) electrons. The molecule has 0 unspecified atom stereocenters. The van der Waals surface area contributed by atoms with Gasteiger partial charge in [0.1, 0.15) is 10.8 Å². The van der Waals surface area contributed by atoms with Crippen LogP contribution in [0.1, 0.15) is 75.7 Å². The van der Waals surface area contributed by atoms with Gasteiger partial charge in [0.05, 0.1) is 12.2 Å². The number of carbonyl (C=O) groups is 2. The number of aryl methyl sites for hydroxylation is 1. The van der Waals surface area contributed by atoms with Crippen molar-refractivity contribution in [2.75, 3.05) is 11.9 Å². The van der Waals surface area contributed by atoms with Gasteiger partial charge < -0.3 is 15.4 Å². The predicted molar refractivity (Wildman–Crippen MR) is 136 cm³/mol. The van der Waals surface area contributed by atoms with Gasteiger partial charge in [0.2, 0.25) is 0 Å². The van der Waals surface area contributed by atoms with Gasteiger partial charge in [-0.15, -0.1) is 11.3 Å². The summed E-state index contributed by atoms with van der Waals surface area (Å²) >= 11 is 1.52. The maximum absolute atomic E-state index is 13.2. The number of pyridine rings is 1. The van der Waals surface area contributed by atoms with E-state index >= 15 is 0 Å². The Balaban J connectivity index is 1.46. The van der Waals surface area contributed by atoms with Gasteiger partial charge >= 0.3 is 0 Å². The highest BCUT2D eigenvalue weighted by Crippen LogP contribution is 2.38. The minimum atomic E-state index is -0.225. The van der Waals surface area contributed by atoms with Crippen LogP contribution in [0.3, 0.4) is 0 Å². The highest BCUT2D eigenvalue weighted by atomic mass is 32.1. The van der Waals surface area contributed by atoms with Crippen LogP contribution in [-0.4, -0.2) is 23.4 Å². The van der Waals surface area contributed by atoms with E-state index in [0.717, 1.165) is 61.8 Å². The highest BCUT2D eigenvalue weighted by Gasteiger charge is 2.26. The second-order valence-corrected chi connectivity index (χ2v) is 9.60. The summed E-state index contributed by atoms with van der Waals surface area (Å²) in [4.78, 5) is 31.5. The zero-order chi connectivity index (χ0) is 23.8. The number of amides is 2. The Bertz CT molecular complexity index is 1110. The molecule has 34 heavy (non-hydrogen) atoms. The molecule has 2 heterocycles. The molecule has 0 fully saturated rings. The first-order chi connectivity index (χ1) is 16.7. The second-order valence-electron chi connectivity index (χ2n) is 8.49. The average molecular weight is 478 g/mol. The number of nitrogens with zero attached hydrogens (tertiary/aromatic N) is 1. The van der Waals surface area contributed by atoms with Crippen molar-refractivity contribution in [3.8, 4) is 5.75 Å². The summed E-state index contributed by atoms with van der Waals surface area (Å²) in [6.45, 7) is 3.23. The van der Waals surface area contributed by atoms with Crippen LogP contribution in [0.15, 0.2) is 48.8 Å². The molecule has 0 spiro atoms. The summed E-state index contributed by atoms with van der Waals surface area (Å²) in [6, 6.07) is 10.9. The van der Waals surface area contributed by atoms with Gasteiger partial charge in [-0.3, -0.25) is 14.6 Å². The number of aromatic nitrogens is 1. The van der Waals surface area contributed by atoms with Crippen LogP contribution in [0.2, 0.25) is 0 Å². The summed E-state index contributed by atoms with van der Waals surface area (Å²) in [5.74, 6) is 0.376. The number of carbonyl (C=O) groups excluding carboxylic acids is 2. The van der Waals surface area contributed by atoms with E-state index in [9.17, 15) is 9.59 Å². The van der Waals surface area contributed by atoms with E-state index in [0.29, 0.717) is 29.3 Å². The van der Waals surface area contributed by atoms with E-state index in [-0.39, 0.29) is 11.8 Å². The minimum Gasteiger partial charge on any atom is -0.494 e. The molecule has 0 bridgehead atoms. The Morgan fingerprint density at radius 3 is 2.65 bits per heavy atom. The van der Waals surface area contributed by atoms with Crippen LogP contribution in [0, 0.1) is 0 Å². The molecule has 1 aliphatic carbocycles. The number of fused-ring (bicyclic) bond motifs is 1. The number of anilines is 1. The molecule has 6 nitrogen and oxygen atoms in total. The Hall–Kier alpha value is -3.19. The number of nitrogens with one attached hydrogen (secondary N) is 2. The standard InChI is InChI=1S/C27H31N3O3S/c1-2-3-6-16-33-21-13-11-20(12-14-21)25(31)30-27-24(22-9-4-5-10-23(22)34-27)26(32)29-18-19-8-7-15-28-17-19/h7-8,11-15,17H,2-6,9-10,16,18H2,1H3,(H,29,32)(H,30,31). The van der Waals surface area contributed by atoms with Crippen LogP contribution >= 0.6 is 11.3 Å². The van der Waals surface area contributed by atoms with Crippen LogP contribution in [0.4, 0.5) is 5.00 Å². The molecular weight excluding hydrogens is 446 g/mol. The molecule has 7 heteroatoms. The van der Waals surface area contributed by atoms with Crippen LogP contribution in [0.25, 0.3) is 0 Å². The van der Waals surface area contributed by atoms with Gasteiger partial charge in [-0.1, -0.05) is 25.8 Å². The van der Waals surface area contributed by atoms with Crippen molar-refractivity contribution in [2.45, 2.75) is 58.4 Å². The fraction of sp³-hybridized carbons (Fsp3) is 0.370. The molecule has 1 aliphatic rings. The average Bonchev–Trinajstić information content (AvgIpc) is 3.24. The molecular formula is C27H31N3O3S. The van der Waals surface area contributed by atoms with E-state index in [1.807, 2.05) is 24.3 Å². The molecule has 0 atom stereocenters. The number of rotatable bonds is 10. The third kappa shape index (κ3) is 6.03. The van der Waals surface area contributed by atoms with E-state index in [1.165, 1.54) is 16.2 Å². The fourth-order valence-electron chi connectivity index (χ4n) is 4.09. The Kier molecular flexibility index (Phi) is 8.31. The van der Waals surface area contributed by atoms with E-state index in [2.05, 4.69) is 22.5 Å². The maximum Gasteiger partial charge on any atom is 0.256 e. The van der Waals surface area contributed by atoms with Gasteiger partial charge in [-0.25, -0.2) is 0 Å².